The summed E-state index contributed by atoms with van der Waals surface area (Å²) in [6.45, 7) is 3.13. The zero-order valence-electron chi connectivity index (χ0n) is 13.7. The predicted molar refractivity (Wildman–Crippen MR) is 97.0 cm³/mol. The van der Waals surface area contributed by atoms with Crippen LogP contribution in [0.2, 0.25) is 0 Å². The number of rotatable bonds is 2. The first kappa shape index (κ1) is 15.2. The second-order valence-electron chi connectivity index (χ2n) is 6.85. The summed E-state index contributed by atoms with van der Waals surface area (Å²) in [5.41, 5.74) is 2.58. The molecule has 1 aliphatic carbocycles. The van der Waals surface area contributed by atoms with Gasteiger partial charge in [0.05, 0.1) is 12.3 Å². The van der Waals surface area contributed by atoms with E-state index in [0.717, 1.165) is 12.3 Å². The van der Waals surface area contributed by atoms with E-state index in [9.17, 15) is 5.11 Å². The summed E-state index contributed by atoms with van der Waals surface area (Å²) in [5.74, 6) is 1.55. The number of thioether (sulfide) groups is 1. The Hall–Kier alpha value is -1.39. The fourth-order valence-electron chi connectivity index (χ4n) is 3.94. The number of aliphatic hydroxyl groups is 1. The molecule has 0 aromatic heterocycles. The normalized spacial score (nSPS) is 35.3. The average molecular weight is 328 g/mol. The molecule has 1 saturated heterocycles. The molecule has 3 aliphatic rings. The van der Waals surface area contributed by atoms with Crippen LogP contribution in [-0.4, -0.2) is 51.8 Å². The molecule has 2 aliphatic heterocycles. The molecule has 4 rings (SSSR count). The maximum absolute atomic E-state index is 11.1. The number of hydrogen-bond donors (Lipinski definition) is 1. The first-order valence-electron chi connectivity index (χ1n) is 8.38. The Balaban J connectivity index is 1.55. The van der Waals surface area contributed by atoms with Gasteiger partial charge in [0.2, 0.25) is 0 Å². The summed E-state index contributed by atoms with van der Waals surface area (Å²) in [6.07, 6.45) is 8.87. The standard InChI is InChI=1S/C19H24N2OS/c1-13-20(2)9-10-21(13)11-15-12-23-17-8-7-14-5-3-4-6-16(14)18(17)19(15)22/h3-10,13,15,17-19,22H,11-12H2,1-2H3. The Labute approximate surface area is 142 Å². The lowest BCUT2D eigenvalue weighted by Crippen LogP contribution is -2.46. The number of fused-ring (bicyclic) bond motifs is 3. The lowest BCUT2D eigenvalue weighted by molar-refractivity contribution is 0.0603. The van der Waals surface area contributed by atoms with E-state index in [1.54, 1.807) is 0 Å². The predicted octanol–water partition coefficient (Wildman–Crippen LogP) is 2.95. The molecule has 3 nitrogen and oxygen atoms in total. The minimum absolute atomic E-state index is 0.222. The molecule has 1 aromatic rings. The van der Waals surface area contributed by atoms with Gasteiger partial charge in [0.1, 0.15) is 0 Å². The fourth-order valence-corrected chi connectivity index (χ4v) is 5.42. The third kappa shape index (κ3) is 2.58. The van der Waals surface area contributed by atoms with E-state index in [4.69, 9.17) is 0 Å². The Morgan fingerprint density at radius 3 is 2.87 bits per heavy atom. The molecular weight excluding hydrogens is 304 g/mol. The molecule has 5 atom stereocenters. The molecule has 23 heavy (non-hydrogen) atoms. The summed E-state index contributed by atoms with van der Waals surface area (Å²) in [6, 6.07) is 8.52. The van der Waals surface area contributed by atoms with Gasteiger partial charge in [-0.2, -0.15) is 11.8 Å². The molecule has 0 spiro atoms. The van der Waals surface area contributed by atoms with Crippen molar-refractivity contribution in [3.05, 3.63) is 53.9 Å². The van der Waals surface area contributed by atoms with Crippen molar-refractivity contribution < 1.29 is 5.11 Å². The van der Waals surface area contributed by atoms with Crippen molar-refractivity contribution in [1.82, 2.24) is 9.80 Å². The Kier molecular flexibility index (Phi) is 3.90. The van der Waals surface area contributed by atoms with Crippen LogP contribution in [0.4, 0.5) is 0 Å². The highest BCUT2D eigenvalue weighted by Gasteiger charge is 2.41. The third-order valence-electron chi connectivity index (χ3n) is 5.54. The van der Waals surface area contributed by atoms with Crippen LogP contribution < -0.4 is 0 Å². The van der Waals surface area contributed by atoms with Gasteiger partial charge in [0.15, 0.2) is 0 Å². The number of nitrogens with zero attached hydrogens (tertiary/aromatic N) is 2. The molecule has 1 fully saturated rings. The van der Waals surface area contributed by atoms with Crippen LogP contribution in [0.25, 0.3) is 6.08 Å². The topological polar surface area (TPSA) is 26.7 Å². The van der Waals surface area contributed by atoms with Crippen LogP contribution in [0, 0.1) is 5.92 Å². The van der Waals surface area contributed by atoms with Gasteiger partial charge < -0.3 is 14.9 Å². The molecule has 0 amide bonds. The van der Waals surface area contributed by atoms with Gasteiger partial charge >= 0.3 is 0 Å². The van der Waals surface area contributed by atoms with Gasteiger partial charge in [0, 0.05) is 48.8 Å². The van der Waals surface area contributed by atoms with E-state index in [1.807, 2.05) is 11.8 Å². The van der Waals surface area contributed by atoms with E-state index in [2.05, 4.69) is 72.6 Å². The SMILES string of the molecule is CC1N(C)C=CN1CC1CSC2C=Cc3ccccc3C2C1O. The van der Waals surface area contributed by atoms with Crippen molar-refractivity contribution in [2.24, 2.45) is 5.92 Å². The van der Waals surface area contributed by atoms with Crippen molar-refractivity contribution >= 4 is 17.8 Å². The first-order valence-corrected chi connectivity index (χ1v) is 9.43. The van der Waals surface area contributed by atoms with E-state index in [0.29, 0.717) is 17.3 Å². The molecule has 0 saturated carbocycles. The minimum atomic E-state index is -0.279. The highest BCUT2D eigenvalue weighted by Crippen LogP contribution is 2.45. The van der Waals surface area contributed by atoms with Crippen LogP contribution in [-0.2, 0) is 0 Å². The Morgan fingerprint density at radius 1 is 1.26 bits per heavy atom. The second-order valence-corrected chi connectivity index (χ2v) is 8.07. The zero-order chi connectivity index (χ0) is 16.0. The van der Waals surface area contributed by atoms with Crippen molar-refractivity contribution in [2.75, 3.05) is 19.3 Å². The van der Waals surface area contributed by atoms with Crippen molar-refractivity contribution in [1.29, 1.82) is 0 Å². The molecule has 1 N–H and O–H groups in total. The van der Waals surface area contributed by atoms with Gasteiger partial charge in [-0.05, 0) is 18.1 Å². The van der Waals surface area contributed by atoms with Gasteiger partial charge in [-0.15, -0.1) is 0 Å². The van der Waals surface area contributed by atoms with Gasteiger partial charge in [0.25, 0.3) is 0 Å². The summed E-state index contributed by atoms with van der Waals surface area (Å²) in [5, 5.41) is 11.5. The zero-order valence-corrected chi connectivity index (χ0v) is 14.5. The van der Waals surface area contributed by atoms with Crippen molar-refractivity contribution in [2.45, 2.75) is 30.4 Å². The number of hydrogen-bond acceptors (Lipinski definition) is 4. The molecule has 0 radical (unpaired) electrons. The summed E-state index contributed by atoms with van der Waals surface area (Å²) < 4.78 is 0. The number of benzene rings is 1. The largest absolute Gasteiger partial charge is 0.392 e. The molecular formula is C19H24N2OS. The number of aliphatic hydroxyl groups excluding tert-OH is 1. The average Bonchev–Trinajstić information content (AvgIpc) is 2.89. The summed E-state index contributed by atoms with van der Waals surface area (Å²) >= 11 is 2.00. The maximum Gasteiger partial charge on any atom is 0.0975 e. The lowest BCUT2D eigenvalue weighted by atomic mass is 9.78. The van der Waals surface area contributed by atoms with Crippen molar-refractivity contribution in [3.63, 3.8) is 0 Å². The highest BCUT2D eigenvalue weighted by molar-refractivity contribution is 8.00. The van der Waals surface area contributed by atoms with Crippen LogP contribution in [0.15, 0.2) is 42.7 Å². The van der Waals surface area contributed by atoms with E-state index in [1.165, 1.54) is 11.1 Å². The first-order chi connectivity index (χ1) is 11.1. The molecule has 4 heteroatoms. The van der Waals surface area contributed by atoms with E-state index >= 15 is 0 Å². The fraction of sp³-hybridized carbons (Fsp3) is 0.474. The molecule has 2 heterocycles. The quantitative estimate of drug-likeness (QED) is 0.903. The van der Waals surface area contributed by atoms with Crippen LogP contribution in [0.3, 0.4) is 0 Å². The summed E-state index contributed by atoms with van der Waals surface area (Å²) in [7, 11) is 2.10. The Morgan fingerprint density at radius 2 is 2.09 bits per heavy atom. The molecule has 1 aromatic carbocycles. The van der Waals surface area contributed by atoms with E-state index in [-0.39, 0.29) is 12.0 Å². The van der Waals surface area contributed by atoms with Crippen molar-refractivity contribution in [3.8, 4) is 0 Å². The van der Waals surface area contributed by atoms with Crippen LogP contribution >= 0.6 is 11.8 Å². The van der Waals surface area contributed by atoms with E-state index < -0.39 is 0 Å². The monoisotopic (exact) mass is 328 g/mol. The summed E-state index contributed by atoms with van der Waals surface area (Å²) in [4.78, 5) is 4.56. The van der Waals surface area contributed by atoms with Crippen LogP contribution in [0.1, 0.15) is 24.0 Å². The minimum Gasteiger partial charge on any atom is -0.392 e. The molecule has 0 bridgehead atoms. The Bertz CT molecular complexity index is 644. The smallest absolute Gasteiger partial charge is 0.0975 e. The lowest BCUT2D eigenvalue weighted by Gasteiger charge is -2.43. The van der Waals surface area contributed by atoms with Gasteiger partial charge in [-0.1, -0.05) is 36.4 Å². The van der Waals surface area contributed by atoms with Gasteiger partial charge in [-0.25, -0.2) is 0 Å². The molecule has 122 valence electrons. The maximum atomic E-state index is 11.1. The third-order valence-corrected chi connectivity index (χ3v) is 6.99. The molecule has 5 unspecified atom stereocenters. The highest BCUT2D eigenvalue weighted by atomic mass is 32.2. The van der Waals surface area contributed by atoms with Gasteiger partial charge in [-0.3, -0.25) is 0 Å². The second kappa shape index (κ2) is 5.91. The van der Waals surface area contributed by atoms with Crippen LogP contribution in [0.5, 0.6) is 0 Å².